The fraction of sp³-hybridized carbons (Fsp3) is 0.450. The molecule has 2 aromatic rings. The van der Waals surface area contributed by atoms with Gasteiger partial charge in [-0.05, 0) is 26.0 Å². The molecule has 1 N–H and O–H groups in total. The van der Waals surface area contributed by atoms with E-state index in [2.05, 4.69) is 5.32 Å². The molecule has 2 heterocycles. The highest BCUT2D eigenvalue weighted by Crippen LogP contribution is 2.27. The molecular weight excluding hydrogens is 394 g/mol. The molecule has 0 aliphatic carbocycles. The number of methoxy groups -OCH3 is 1. The number of aromatic nitrogens is 1. The van der Waals surface area contributed by atoms with Gasteiger partial charge in [-0.25, -0.2) is 8.42 Å². The maximum Gasteiger partial charge on any atom is 0.268 e. The molecule has 0 radical (unpaired) electrons. The van der Waals surface area contributed by atoms with Crippen LogP contribution in [-0.4, -0.2) is 56.6 Å². The first-order valence-corrected chi connectivity index (χ1v) is 10.9. The number of rotatable bonds is 6. The summed E-state index contributed by atoms with van der Waals surface area (Å²) in [6, 6.07) is 6.87. The lowest BCUT2D eigenvalue weighted by Crippen LogP contribution is -2.40. The summed E-state index contributed by atoms with van der Waals surface area (Å²) in [5.74, 6) is 0.331. The number of carbonyl (C=O) groups excluding carboxylic acids is 1. The molecule has 29 heavy (non-hydrogen) atoms. The van der Waals surface area contributed by atoms with E-state index in [1.807, 2.05) is 32.0 Å². The molecule has 0 spiro atoms. The van der Waals surface area contributed by atoms with E-state index in [9.17, 15) is 13.2 Å². The summed E-state index contributed by atoms with van der Waals surface area (Å²) in [6.07, 6.45) is 1.47. The van der Waals surface area contributed by atoms with Gasteiger partial charge in [0.2, 0.25) is 10.0 Å². The molecule has 8 nitrogen and oxygen atoms in total. The van der Waals surface area contributed by atoms with Crippen molar-refractivity contribution in [3.63, 3.8) is 0 Å². The van der Waals surface area contributed by atoms with Crippen molar-refractivity contribution >= 4 is 15.9 Å². The van der Waals surface area contributed by atoms with E-state index in [4.69, 9.17) is 9.47 Å². The molecule has 1 aliphatic rings. The van der Waals surface area contributed by atoms with Crippen molar-refractivity contribution in [1.29, 1.82) is 0 Å². The Morgan fingerprint density at radius 3 is 2.59 bits per heavy atom. The standard InChI is InChI=1S/C20H27N3O5S/c1-14-5-6-19(27-4)17(11-14)15(2)21-20(24)18-12-16(13-22(18)3)29(25,26)23-7-9-28-10-8-23/h5-6,11-13,15H,7-10H2,1-4H3,(H,21,24). The topological polar surface area (TPSA) is 89.9 Å². The molecule has 1 aromatic carbocycles. The van der Waals surface area contributed by atoms with Gasteiger partial charge in [0.1, 0.15) is 16.3 Å². The van der Waals surface area contributed by atoms with Gasteiger partial charge in [0.25, 0.3) is 5.91 Å². The minimum atomic E-state index is -3.66. The lowest BCUT2D eigenvalue weighted by Gasteiger charge is -2.25. The number of hydrogen-bond donors (Lipinski definition) is 1. The molecule has 3 rings (SSSR count). The highest BCUT2D eigenvalue weighted by atomic mass is 32.2. The maximum absolute atomic E-state index is 12.8. The molecule has 158 valence electrons. The lowest BCUT2D eigenvalue weighted by molar-refractivity contribution is 0.0730. The molecule has 1 aromatic heterocycles. The highest BCUT2D eigenvalue weighted by molar-refractivity contribution is 7.89. The van der Waals surface area contributed by atoms with Crippen molar-refractivity contribution in [3.05, 3.63) is 47.3 Å². The van der Waals surface area contributed by atoms with E-state index in [-0.39, 0.29) is 22.5 Å². The summed E-state index contributed by atoms with van der Waals surface area (Å²) in [5.41, 5.74) is 2.19. The Morgan fingerprint density at radius 1 is 1.24 bits per heavy atom. The number of hydrogen-bond acceptors (Lipinski definition) is 5. The zero-order valence-electron chi connectivity index (χ0n) is 17.1. The van der Waals surface area contributed by atoms with Gasteiger partial charge in [-0.3, -0.25) is 4.79 Å². The minimum Gasteiger partial charge on any atom is -0.496 e. The Morgan fingerprint density at radius 2 is 1.93 bits per heavy atom. The van der Waals surface area contributed by atoms with Crippen LogP contribution < -0.4 is 10.1 Å². The number of morpholine rings is 1. The molecule has 1 amide bonds. The van der Waals surface area contributed by atoms with Crippen molar-refractivity contribution in [2.75, 3.05) is 33.4 Å². The summed E-state index contributed by atoms with van der Waals surface area (Å²) in [7, 11) is -0.418. The van der Waals surface area contributed by atoms with Crippen molar-refractivity contribution in [2.24, 2.45) is 7.05 Å². The average molecular weight is 422 g/mol. The van der Waals surface area contributed by atoms with Crippen molar-refractivity contribution in [2.45, 2.75) is 24.8 Å². The van der Waals surface area contributed by atoms with Crippen LogP contribution in [0.4, 0.5) is 0 Å². The number of nitrogens with zero attached hydrogens (tertiary/aromatic N) is 2. The second kappa shape index (κ2) is 8.56. The van der Waals surface area contributed by atoms with Gasteiger partial charge in [-0.15, -0.1) is 0 Å². The van der Waals surface area contributed by atoms with E-state index < -0.39 is 10.0 Å². The van der Waals surface area contributed by atoms with Gasteiger partial charge in [-0.1, -0.05) is 17.7 Å². The first kappa shape index (κ1) is 21.4. The van der Waals surface area contributed by atoms with E-state index in [0.29, 0.717) is 32.1 Å². The average Bonchev–Trinajstić information content (AvgIpc) is 3.11. The zero-order chi connectivity index (χ0) is 21.2. The zero-order valence-corrected chi connectivity index (χ0v) is 18.0. The Bertz CT molecular complexity index is 994. The van der Waals surface area contributed by atoms with Crippen LogP contribution in [0.1, 0.15) is 34.6 Å². The smallest absolute Gasteiger partial charge is 0.268 e. The number of aryl methyl sites for hydroxylation is 2. The lowest BCUT2D eigenvalue weighted by atomic mass is 10.0. The van der Waals surface area contributed by atoms with Crippen LogP contribution in [0.3, 0.4) is 0 Å². The van der Waals surface area contributed by atoms with Crippen LogP contribution in [0.25, 0.3) is 0 Å². The first-order chi connectivity index (χ1) is 13.7. The normalized spacial score (nSPS) is 16.4. The highest BCUT2D eigenvalue weighted by Gasteiger charge is 2.29. The molecule has 9 heteroatoms. The molecule has 1 fully saturated rings. The van der Waals surface area contributed by atoms with Crippen molar-refractivity contribution in [3.8, 4) is 5.75 Å². The molecule has 1 unspecified atom stereocenters. The van der Waals surface area contributed by atoms with E-state index in [1.165, 1.54) is 21.1 Å². The summed E-state index contributed by atoms with van der Waals surface area (Å²) in [6.45, 7) is 5.19. The summed E-state index contributed by atoms with van der Waals surface area (Å²) >= 11 is 0. The second-order valence-corrected chi connectivity index (χ2v) is 9.07. The van der Waals surface area contributed by atoms with E-state index in [0.717, 1.165) is 11.1 Å². The third kappa shape index (κ3) is 4.47. The maximum atomic E-state index is 12.8. The third-order valence-corrected chi connectivity index (χ3v) is 6.88. The summed E-state index contributed by atoms with van der Waals surface area (Å²) in [5, 5.41) is 2.93. The van der Waals surface area contributed by atoms with E-state index >= 15 is 0 Å². The minimum absolute atomic E-state index is 0.104. The largest absolute Gasteiger partial charge is 0.496 e. The van der Waals surface area contributed by atoms with Gasteiger partial charge < -0.3 is 19.4 Å². The van der Waals surface area contributed by atoms with Crippen LogP contribution in [0.2, 0.25) is 0 Å². The predicted octanol–water partition coefficient (Wildman–Crippen LogP) is 1.85. The SMILES string of the molecule is COc1ccc(C)cc1C(C)NC(=O)c1cc(S(=O)(=O)N2CCOCC2)cn1C. The predicted molar refractivity (Wildman–Crippen MR) is 109 cm³/mol. The first-order valence-electron chi connectivity index (χ1n) is 9.43. The molecule has 0 saturated carbocycles. The van der Waals surface area contributed by atoms with Crippen molar-refractivity contribution in [1.82, 2.24) is 14.2 Å². The van der Waals surface area contributed by atoms with Crippen LogP contribution >= 0.6 is 0 Å². The number of sulfonamides is 1. The summed E-state index contributed by atoms with van der Waals surface area (Å²) in [4.78, 5) is 13.0. The second-order valence-electron chi connectivity index (χ2n) is 7.13. The Labute approximate surface area is 171 Å². The van der Waals surface area contributed by atoms with Gasteiger partial charge >= 0.3 is 0 Å². The fourth-order valence-corrected chi connectivity index (χ4v) is 4.86. The number of carbonyl (C=O) groups is 1. The number of nitrogens with one attached hydrogen (secondary N) is 1. The molecule has 1 atom stereocenters. The van der Waals surface area contributed by atoms with Gasteiger partial charge in [0, 0.05) is 31.9 Å². The van der Waals surface area contributed by atoms with Gasteiger partial charge in [0.15, 0.2) is 0 Å². The fourth-order valence-electron chi connectivity index (χ4n) is 3.38. The van der Waals surface area contributed by atoms with Crippen LogP contribution in [-0.2, 0) is 21.8 Å². The van der Waals surface area contributed by atoms with E-state index in [1.54, 1.807) is 14.2 Å². The van der Waals surface area contributed by atoms with Crippen LogP contribution in [0.15, 0.2) is 35.4 Å². The van der Waals surface area contributed by atoms with Gasteiger partial charge in [0.05, 0.1) is 26.4 Å². The Kier molecular flexibility index (Phi) is 6.30. The third-order valence-electron chi connectivity index (χ3n) is 5.02. The molecule has 0 bridgehead atoms. The summed E-state index contributed by atoms with van der Waals surface area (Å²) < 4.78 is 39.2. The van der Waals surface area contributed by atoms with Crippen LogP contribution in [0, 0.1) is 6.92 Å². The number of ether oxygens (including phenoxy) is 2. The monoisotopic (exact) mass is 421 g/mol. The quantitative estimate of drug-likeness (QED) is 0.769. The number of amides is 1. The van der Waals surface area contributed by atoms with Crippen LogP contribution in [0.5, 0.6) is 5.75 Å². The Balaban J connectivity index is 1.81. The molecule has 1 aliphatic heterocycles. The molecule has 1 saturated heterocycles. The van der Waals surface area contributed by atoms with Gasteiger partial charge in [-0.2, -0.15) is 4.31 Å². The molecular formula is C20H27N3O5S. The number of benzene rings is 1. The Hall–Kier alpha value is -2.36. The van der Waals surface area contributed by atoms with Crippen molar-refractivity contribution < 1.29 is 22.7 Å².